The highest BCUT2D eigenvalue weighted by molar-refractivity contribution is 7.11. The van der Waals surface area contributed by atoms with E-state index in [1.165, 1.54) is 16.2 Å². The fourth-order valence-corrected chi connectivity index (χ4v) is 5.39. The molecule has 1 aromatic carbocycles. The Labute approximate surface area is 166 Å². The van der Waals surface area contributed by atoms with Crippen LogP contribution in [0.15, 0.2) is 36.4 Å². The largest absolute Gasteiger partial charge is 0.378 e. The summed E-state index contributed by atoms with van der Waals surface area (Å²) >= 11 is 1.89. The van der Waals surface area contributed by atoms with Gasteiger partial charge in [0.1, 0.15) is 0 Å². The zero-order valence-electron chi connectivity index (χ0n) is 16.5. The number of carbonyl (C=O) groups is 1. The van der Waals surface area contributed by atoms with E-state index >= 15 is 0 Å². The molecule has 2 atom stereocenters. The first-order valence-electron chi connectivity index (χ1n) is 9.87. The van der Waals surface area contributed by atoms with Crippen LogP contribution >= 0.6 is 11.3 Å². The number of carbonyl (C=O) groups excluding carboxylic acids is 1. The molecule has 0 bridgehead atoms. The van der Waals surface area contributed by atoms with Crippen LogP contribution in [0.4, 0.5) is 5.69 Å². The predicted molar refractivity (Wildman–Crippen MR) is 113 cm³/mol. The minimum Gasteiger partial charge on any atom is -0.378 e. The quantitative estimate of drug-likeness (QED) is 0.802. The van der Waals surface area contributed by atoms with Crippen LogP contribution in [0, 0.1) is 12.8 Å². The number of hydrogen-bond donors (Lipinski definition) is 0. The second-order valence-corrected chi connectivity index (χ2v) is 9.46. The Kier molecular flexibility index (Phi) is 5.24. The van der Waals surface area contributed by atoms with Gasteiger partial charge in [0.2, 0.25) is 0 Å². The molecule has 4 nitrogen and oxygen atoms in total. The molecule has 2 aliphatic rings. The van der Waals surface area contributed by atoms with Crippen LogP contribution in [0.2, 0.25) is 0 Å². The van der Waals surface area contributed by atoms with Gasteiger partial charge in [-0.1, -0.05) is 0 Å². The zero-order chi connectivity index (χ0) is 19.0. The molecule has 0 saturated carbocycles. The van der Waals surface area contributed by atoms with Gasteiger partial charge in [0, 0.05) is 60.8 Å². The summed E-state index contributed by atoms with van der Waals surface area (Å²) in [5.74, 6) is 0.859. The van der Waals surface area contributed by atoms with Gasteiger partial charge in [-0.3, -0.25) is 9.69 Å². The molecule has 5 heteroatoms. The standard InChI is InChI=1S/C22H29N3OS/c1-16-4-9-20(27-16)14-24-12-10-17-11-13-25(21(17)15-24)22(26)18-5-7-19(8-6-18)23(2)3/h4-9,17,21H,10-15H2,1-3H3. The van der Waals surface area contributed by atoms with E-state index in [0.717, 1.165) is 43.9 Å². The molecule has 0 spiro atoms. The summed E-state index contributed by atoms with van der Waals surface area (Å²) in [6.07, 6.45) is 2.36. The lowest BCUT2D eigenvalue weighted by atomic mass is 9.92. The van der Waals surface area contributed by atoms with Gasteiger partial charge in [-0.2, -0.15) is 0 Å². The first-order chi connectivity index (χ1) is 13.0. The second kappa shape index (κ2) is 7.64. The second-order valence-electron chi connectivity index (χ2n) is 8.09. The van der Waals surface area contributed by atoms with Gasteiger partial charge in [-0.25, -0.2) is 0 Å². The summed E-state index contributed by atoms with van der Waals surface area (Å²) in [5, 5.41) is 0. The highest BCUT2D eigenvalue weighted by Crippen LogP contribution is 2.33. The first kappa shape index (κ1) is 18.5. The minimum absolute atomic E-state index is 0.196. The molecule has 0 N–H and O–H groups in total. The maximum Gasteiger partial charge on any atom is 0.254 e. The Morgan fingerprint density at radius 3 is 2.52 bits per heavy atom. The topological polar surface area (TPSA) is 26.8 Å². The molecule has 144 valence electrons. The monoisotopic (exact) mass is 383 g/mol. The summed E-state index contributed by atoms with van der Waals surface area (Å²) in [6.45, 7) is 6.23. The smallest absolute Gasteiger partial charge is 0.254 e. The van der Waals surface area contributed by atoms with Crippen molar-refractivity contribution < 1.29 is 4.79 Å². The lowest BCUT2D eigenvalue weighted by molar-refractivity contribution is 0.0592. The van der Waals surface area contributed by atoms with Crippen molar-refractivity contribution in [2.24, 2.45) is 5.92 Å². The maximum absolute atomic E-state index is 13.1. The van der Waals surface area contributed by atoms with Crippen LogP contribution in [0.3, 0.4) is 0 Å². The lowest BCUT2D eigenvalue weighted by Crippen LogP contribution is -2.49. The Balaban J connectivity index is 1.44. The summed E-state index contributed by atoms with van der Waals surface area (Å²) in [5.41, 5.74) is 1.94. The van der Waals surface area contributed by atoms with Crippen LogP contribution in [0.5, 0.6) is 0 Å². The number of thiophene rings is 1. The van der Waals surface area contributed by atoms with Gasteiger partial charge in [-0.05, 0) is 68.6 Å². The molecule has 0 radical (unpaired) electrons. The van der Waals surface area contributed by atoms with Crippen LogP contribution in [-0.4, -0.2) is 55.5 Å². The fourth-order valence-electron chi connectivity index (χ4n) is 4.46. The predicted octanol–water partition coefficient (Wildman–Crippen LogP) is 3.86. The Hall–Kier alpha value is -1.85. The summed E-state index contributed by atoms with van der Waals surface area (Å²) in [6, 6.07) is 12.8. The van der Waals surface area contributed by atoms with E-state index in [-0.39, 0.29) is 5.91 Å². The fraction of sp³-hybridized carbons (Fsp3) is 0.500. The van der Waals surface area contributed by atoms with Gasteiger partial charge in [-0.15, -0.1) is 11.3 Å². The normalized spacial score (nSPS) is 22.7. The third-order valence-electron chi connectivity index (χ3n) is 6.01. The summed E-state index contributed by atoms with van der Waals surface area (Å²) < 4.78 is 0. The van der Waals surface area contributed by atoms with E-state index in [1.807, 2.05) is 49.7 Å². The van der Waals surface area contributed by atoms with E-state index in [9.17, 15) is 4.79 Å². The van der Waals surface area contributed by atoms with Gasteiger partial charge in [0.25, 0.3) is 5.91 Å². The van der Waals surface area contributed by atoms with E-state index in [4.69, 9.17) is 0 Å². The first-order valence-corrected chi connectivity index (χ1v) is 10.7. The van der Waals surface area contributed by atoms with Crippen molar-refractivity contribution in [1.29, 1.82) is 0 Å². The van der Waals surface area contributed by atoms with E-state index in [1.54, 1.807) is 0 Å². The van der Waals surface area contributed by atoms with Crippen LogP contribution < -0.4 is 4.90 Å². The summed E-state index contributed by atoms with van der Waals surface area (Å²) in [4.78, 5) is 22.7. The lowest BCUT2D eigenvalue weighted by Gasteiger charge is -2.38. The SMILES string of the molecule is Cc1ccc(CN2CCC3CCN(C(=O)c4ccc(N(C)C)cc4)C3C2)s1. The number of piperidine rings is 1. The van der Waals surface area contributed by atoms with Crippen molar-refractivity contribution in [3.63, 3.8) is 0 Å². The summed E-state index contributed by atoms with van der Waals surface area (Å²) in [7, 11) is 4.04. The average Bonchev–Trinajstić information content (AvgIpc) is 3.27. The molecule has 1 aromatic heterocycles. The molecule has 4 rings (SSSR count). The highest BCUT2D eigenvalue weighted by Gasteiger charge is 2.40. The third kappa shape index (κ3) is 3.90. The third-order valence-corrected chi connectivity index (χ3v) is 7.00. The Bertz CT molecular complexity index is 798. The van der Waals surface area contributed by atoms with Gasteiger partial charge >= 0.3 is 0 Å². The molecule has 2 saturated heterocycles. The number of nitrogens with zero attached hydrogens (tertiary/aromatic N) is 3. The van der Waals surface area contributed by atoms with Crippen molar-refractivity contribution in [2.45, 2.75) is 32.4 Å². The Morgan fingerprint density at radius 2 is 1.85 bits per heavy atom. The van der Waals surface area contributed by atoms with Crippen molar-refractivity contribution in [2.75, 3.05) is 38.6 Å². The van der Waals surface area contributed by atoms with Gasteiger partial charge in [0.05, 0.1) is 0 Å². The number of hydrogen-bond acceptors (Lipinski definition) is 4. The average molecular weight is 384 g/mol. The van der Waals surface area contributed by atoms with E-state index < -0.39 is 0 Å². The van der Waals surface area contributed by atoms with Crippen molar-refractivity contribution >= 4 is 22.9 Å². The minimum atomic E-state index is 0.196. The Morgan fingerprint density at radius 1 is 1.11 bits per heavy atom. The number of likely N-dealkylation sites (tertiary alicyclic amines) is 2. The molecule has 3 heterocycles. The molecule has 2 fully saturated rings. The number of anilines is 1. The molecule has 2 aliphatic heterocycles. The van der Waals surface area contributed by atoms with Gasteiger partial charge < -0.3 is 9.80 Å². The van der Waals surface area contributed by atoms with E-state index in [2.05, 4.69) is 33.8 Å². The molecular formula is C22H29N3OS. The number of aryl methyl sites for hydroxylation is 1. The molecule has 1 amide bonds. The number of fused-ring (bicyclic) bond motifs is 1. The molecule has 0 aliphatic carbocycles. The van der Waals surface area contributed by atoms with Crippen LogP contribution in [0.25, 0.3) is 0 Å². The van der Waals surface area contributed by atoms with Crippen molar-refractivity contribution in [1.82, 2.24) is 9.80 Å². The van der Waals surface area contributed by atoms with Crippen LogP contribution in [0.1, 0.15) is 33.0 Å². The molecule has 27 heavy (non-hydrogen) atoms. The van der Waals surface area contributed by atoms with Crippen LogP contribution in [-0.2, 0) is 6.54 Å². The number of amides is 1. The maximum atomic E-state index is 13.1. The molecule has 2 aromatic rings. The number of rotatable bonds is 4. The highest BCUT2D eigenvalue weighted by atomic mass is 32.1. The molecular weight excluding hydrogens is 354 g/mol. The number of benzene rings is 1. The van der Waals surface area contributed by atoms with Crippen molar-refractivity contribution in [3.05, 3.63) is 51.7 Å². The van der Waals surface area contributed by atoms with E-state index in [0.29, 0.717) is 12.0 Å². The van der Waals surface area contributed by atoms with Crippen molar-refractivity contribution in [3.8, 4) is 0 Å². The zero-order valence-corrected chi connectivity index (χ0v) is 17.3. The van der Waals surface area contributed by atoms with Gasteiger partial charge in [0.15, 0.2) is 0 Å². The molecule has 2 unspecified atom stereocenters.